The summed E-state index contributed by atoms with van der Waals surface area (Å²) in [7, 11) is 0. The Morgan fingerprint density at radius 2 is 1.89 bits per heavy atom. The molecule has 1 fully saturated rings. The van der Waals surface area contributed by atoms with Gasteiger partial charge in [-0.2, -0.15) is 17.6 Å². The number of carbonyl (C=O) groups excluding carboxylic acids is 1. The van der Waals surface area contributed by atoms with E-state index in [9.17, 15) is 22.4 Å². The highest BCUT2D eigenvalue weighted by atomic mass is 19.3. The zero-order valence-electron chi connectivity index (χ0n) is 9.50. The molecule has 1 aliphatic heterocycles. The molecular weight excluding hydrogens is 268 g/mol. The first kappa shape index (κ1) is 13.4. The van der Waals surface area contributed by atoms with Crippen molar-refractivity contribution in [3.8, 4) is 5.75 Å². The number of urea groups is 1. The maximum absolute atomic E-state index is 12.6. The number of rotatable bonds is 4. The molecule has 1 aromatic carbocycles. The molecule has 0 bridgehead atoms. The molecule has 2 rings (SSSR count). The molecule has 1 atom stereocenters. The Hall–Kier alpha value is -1.99. The van der Waals surface area contributed by atoms with E-state index in [0.717, 1.165) is 12.1 Å². The van der Waals surface area contributed by atoms with E-state index in [-0.39, 0.29) is 17.8 Å². The van der Waals surface area contributed by atoms with E-state index in [4.69, 9.17) is 0 Å². The van der Waals surface area contributed by atoms with Crippen LogP contribution >= 0.6 is 0 Å². The van der Waals surface area contributed by atoms with Gasteiger partial charge in [-0.25, -0.2) is 4.79 Å². The molecule has 0 spiro atoms. The summed E-state index contributed by atoms with van der Waals surface area (Å²) in [6.07, 6.45) is -8.42. The molecule has 0 aliphatic carbocycles. The molecule has 2 amide bonds. The summed E-state index contributed by atoms with van der Waals surface area (Å²) >= 11 is 0. The van der Waals surface area contributed by atoms with Crippen molar-refractivity contribution in [3.05, 3.63) is 29.8 Å². The maximum atomic E-state index is 12.6. The van der Waals surface area contributed by atoms with Crippen molar-refractivity contribution in [2.24, 2.45) is 0 Å². The Bertz CT molecular complexity index is 464. The lowest BCUT2D eigenvalue weighted by molar-refractivity contribution is -0.253. The van der Waals surface area contributed by atoms with Crippen LogP contribution in [0, 0.1) is 0 Å². The van der Waals surface area contributed by atoms with Crippen LogP contribution in [0.1, 0.15) is 11.6 Å². The average Bonchev–Trinajstić information content (AvgIpc) is 2.76. The number of benzene rings is 1. The van der Waals surface area contributed by atoms with Gasteiger partial charge in [0.1, 0.15) is 5.75 Å². The molecule has 0 unspecified atom stereocenters. The molecule has 1 heterocycles. The lowest BCUT2D eigenvalue weighted by Gasteiger charge is -2.17. The van der Waals surface area contributed by atoms with Gasteiger partial charge in [-0.1, -0.05) is 12.1 Å². The van der Waals surface area contributed by atoms with Crippen molar-refractivity contribution >= 4 is 6.03 Å². The van der Waals surface area contributed by atoms with E-state index < -0.39 is 12.5 Å². The van der Waals surface area contributed by atoms with Crippen LogP contribution in [0.15, 0.2) is 24.3 Å². The first-order chi connectivity index (χ1) is 8.88. The van der Waals surface area contributed by atoms with Gasteiger partial charge in [0.15, 0.2) is 0 Å². The second kappa shape index (κ2) is 4.94. The molecule has 0 saturated carbocycles. The number of alkyl halides is 4. The highest BCUT2D eigenvalue weighted by Crippen LogP contribution is 2.28. The molecule has 19 heavy (non-hydrogen) atoms. The van der Waals surface area contributed by atoms with Crippen molar-refractivity contribution in [3.63, 3.8) is 0 Å². The summed E-state index contributed by atoms with van der Waals surface area (Å²) < 4.78 is 53.1. The minimum atomic E-state index is -4.52. The molecule has 1 aromatic rings. The largest absolute Gasteiger partial charge is 0.461 e. The van der Waals surface area contributed by atoms with Crippen molar-refractivity contribution in [1.82, 2.24) is 10.6 Å². The summed E-state index contributed by atoms with van der Waals surface area (Å²) in [6.45, 7) is 0.367. The van der Waals surface area contributed by atoms with Gasteiger partial charge < -0.3 is 15.4 Å². The van der Waals surface area contributed by atoms with Gasteiger partial charge >= 0.3 is 18.6 Å². The number of halogens is 4. The number of nitrogens with one attached hydrogen (secondary N) is 2. The Balaban J connectivity index is 2.04. The van der Waals surface area contributed by atoms with Crippen LogP contribution in [0.3, 0.4) is 0 Å². The van der Waals surface area contributed by atoms with Gasteiger partial charge in [-0.05, 0) is 17.7 Å². The SMILES string of the molecule is O=C1NC[C@@H](c2ccc(OC(F)(F)C(F)F)cc2)N1. The second-order valence-corrected chi connectivity index (χ2v) is 3.94. The predicted octanol–water partition coefficient (Wildman–Crippen LogP) is 2.28. The van der Waals surface area contributed by atoms with Gasteiger partial charge in [0.2, 0.25) is 0 Å². The van der Waals surface area contributed by atoms with Crippen LogP contribution < -0.4 is 15.4 Å². The molecule has 1 aliphatic rings. The van der Waals surface area contributed by atoms with Gasteiger partial charge in [0, 0.05) is 6.54 Å². The van der Waals surface area contributed by atoms with E-state index in [1.54, 1.807) is 0 Å². The smallest absolute Gasteiger partial charge is 0.428 e. The Labute approximate surface area is 105 Å². The number of carbonyl (C=O) groups is 1. The summed E-state index contributed by atoms with van der Waals surface area (Å²) in [5.74, 6) is -0.369. The fourth-order valence-electron chi connectivity index (χ4n) is 1.63. The topological polar surface area (TPSA) is 50.4 Å². The Kier molecular flexibility index (Phi) is 3.50. The summed E-state index contributed by atoms with van der Waals surface area (Å²) in [5, 5.41) is 5.13. The van der Waals surface area contributed by atoms with Crippen molar-refractivity contribution in [2.75, 3.05) is 6.54 Å². The normalized spacial score (nSPS) is 19.2. The number of hydrogen-bond donors (Lipinski definition) is 2. The van der Waals surface area contributed by atoms with Crippen LogP contribution in [0.2, 0.25) is 0 Å². The van der Waals surface area contributed by atoms with Gasteiger partial charge in [-0.15, -0.1) is 0 Å². The summed E-state index contributed by atoms with van der Waals surface area (Å²) in [5.41, 5.74) is 0.658. The molecule has 0 aromatic heterocycles. The fourth-order valence-corrected chi connectivity index (χ4v) is 1.63. The monoisotopic (exact) mass is 278 g/mol. The van der Waals surface area contributed by atoms with E-state index >= 15 is 0 Å². The quantitative estimate of drug-likeness (QED) is 0.830. The predicted molar refractivity (Wildman–Crippen MR) is 57.3 cm³/mol. The van der Waals surface area contributed by atoms with Crippen LogP contribution in [-0.2, 0) is 0 Å². The molecule has 4 nitrogen and oxygen atoms in total. The van der Waals surface area contributed by atoms with Gasteiger partial charge in [0.05, 0.1) is 6.04 Å². The highest BCUT2D eigenvalue weighted by molar-refractivity contribution is 5.76. The van der Waals surface area contributed by atoms with Crippen LogP contribution in [-0.4, -0.2) is 25.1 Å². The van der Waals surface area contributed by atoms with Gasteiger partial charge in [-0.3, -0.25) is 0 Å². The zero-order chi connectivity index (χ0) is 14.0. The van der Waals surface area contributed by atoms with Crippen molar-refractivity contribution in [1.29, 1.82) is 0 Å². The highest BCUT2D eigenvalue weighted by Gasteiger charge is 2.43. The maximum Gasteiger partial charge on any atom is 0.461 e. The fraction of sp³-hybridized carbons (Fsp3) is 0.364. The molecule has 0 radical (unpaired) electrons. The summed E-state index contributed by atoms with van der Waals surface area (Å²) in [6, 6.07) is 4.54. The van der Waals surface area contributed by atoms with Crippen molar-refractivity contribution in [2.45, 2.75) is 18.6 Å². The molecule has 2 N–H and O–H groups in total. The van der Waals surface area contributed by atoms with Gasteiger partial charge in [0.25, 0.3) is 0 Å². The van der Waals surface area contributed by atoms with E-state index in [2.05, 4.69) is 15.4 Å². The third-order valence-electron chi connectivity index (χ3n) is 2.56. The van der Waals surface area contributed by atoms with Crippen LogP contribution in [0.5, 0.6) is 5.75 Å². The number of amides is 2. The van der Waals surface area contributed by atoms with Crippen molar-refractivity contribution < 1.29 is 27.1 Å². The van der Waals surface area contributed by atoms with E-state index in [1.165, 1.54) is 12.1 Å². The first-order valence-corrected chi connectivity index (χ1v) is 5.38. The lowest BCUT2D eigenvalue weighted by atomic mass is 10.1. The Morgan fingerprint density at radius 3 is 2.37 bits per heavy atom. The first-order valence-electron chi connectivity index (χ1n) is 5.38. The van der Waals surface area contributed by atoms with Crippen LogP contribution in [0.4, 0.5) is 22.4 Å². The zero-order valence-corrected chi connectivity index (χ0v) is 9.50. The standard InChI is InChI=1S/C11H10F4N2O2/c12-9(13)11(14,15)19-7-3-1-6(2-4-7)8-5-16-10(18)17-8/h1-4,8-9H,5H2,(H2,16,17,18)/t8-/m0/s1. The second-order valence-electron chi connectivity index (χ2n) is 3.94. The lowest BCUT2D eigenvalue weighted by Crippen LogP contribution is -2.33. The molecule has 104 valence electrons. The third-order valence-corrected chi connectivity index (χ3v) is 2.56. The molecule has 8 heteroatoms. The molecule has 1 saturated heterocycles. The minimum absolute atomic E-state index is 0.280. The average molecular weight is 278 g/mol. The minimum Gasteiger partial charge on any atom is -0.428 e. The van der Waals surface area contributed by atoms with E-state index in [0.29, 0.717) is 12.1 Å². The Morgan fingerprint density at radius 1 is 1.26 bits per heavy atom. The van der Waals surface area contributed by atoms with E-state index in [1.807, 2.05) is 0 Å². The molecular formula is C11H10F4N2O2. The summed E-state index contributed by atoms with van der Waals surface area (Å²) in [4.78, 5) is 10.9. The number of ether oxygens (including phenoxy) is 1. The third kappa shape index (κ3) is 3.07. The number of hydrogen-bond acceptors (Lipinski definition) is 2. The van der Waals surface area contributed by atoms with Crippen LogP contribution in [0.25, 0.3) is 0 Å².